The zero-order valence-electron chi connectivity index (χ0n) is 9.97. The number of hydrogen-bond donors (Lipinski definition) is 0. The predicted octanol–water partition coefficient (Wildman–Crippen LogP) is 5.26. The van der Waals surface area contributed by atoms with Gasteiger partial charge in [-0.2, -0.15) is 0 Å². The lowest BCUT2D eigenvalue weighted by Crippen LogP contribution is -1.75. The van der Waals surface area contributed by atoms with Crippen molar-refractivity contribution < 1.29 is 0 Å². The van der Waals surface area contributed by atoms with Gasteiger partial charge in [0.15, 0.2) is 0 Å². The van der Waals surface area contributed by atoms with Crippen LogP contribution in [0.2, 0.25) is 0 Å². The first kappa shape index (κ1) is 13.5. The van der Waals surface area contributed by atoms with Crippen LogP contribution in [0, 0.1) is 0 Å². The molecule has 0 aliphatic carbocycles. The van der Waals surface area contributed by atoms with Crippen molar-refractivity contribution in [1.82, 2.24) is 0 Å². The van der Waals surface area contributed by atoms with Gasteiger partial charge in [-0.3, -0.25) is 0 Å². The van der Waals surface area contributed by atoms with Crippen LogP contribution in [0.5, 0.6) is 0 Å². The summed E-state index contributed by atoms with van der Waals surface area (Å²) in [6.45, 7) is 4.34. The highest BCUT2D eigenvalue weighted by molar-refractivity contribution is 4.81. The molecule has 14 heavy (non-hydrogen) atoms. The molecule has 0 heteroatoms. The molecule has 0 saturated heterocycles. The highest BCUT2D eigenvalue weighted by atomic mass is 13.9. The van der Waals surface area contributed by atoms with Crippen LogP contribution in [0.1, 0.15) is 65.2 Å². The van der Waals surface area contributed by atoms with E-state index < -0.39 is 0 Å². The molecule has 0 aromatic carbocycles. The maximum atomic E-state index is 2.35. The molecule has 0 heterocycles. The summed E-state index contributed by atoms with van der Waals surface area (Å²) >= 11 is 0. The standard InChI is InChI=1S/C14H26/c1-3-5-7-9-11-13-14-12-10-8-6-4-2/h3,5,10,12H,4,6-9,11,13-14H2,1-2H3. The van der Waals surface area contributed by atoms with Gasteiger partial charge in [0.05, 0.1) is 0 Å². The van der Waals surface area contributed by atoms with Gasteiger partial charge in [0.1, 0.15) is 0 Å². The number of allylic oxidation sites excluding steroid dienone is 4. The number of rotatable bonds is 9. The van der Waals surface area contributed by atoms with Gasteiger partial charge in [-0.15, -0.1) is 0 Å². The molecule has 0 nitrogen and oxygen atoms in total. The molecule has 0 atom stereocenters. The molecule has 0 saturated carbocycles. The molecule has 0 unspecified atom stereocenters. The van der Waals surface area contributed by atoms with Crippen molar-refractivity contribution in [2.75, 3.05) is 0 Å². The third-order valence-electron chi connectivity index (χ3n) is 2.37. The van der Waals surface area contributed by atoms with Crippen molar-refractivity contribution in [3.05, 3.63) is 24.3 Å². The Kier molecular flexibility index (Phi) is 12.0. The smallest absolute Gasteiger partial charge is 0.0351 e. The molecule has 0 rings (SSSR count). The van der Waals surface area contributed by atoms with E-state index in [2.05, 4.69) is 38.2 Å². The molecular weight excluding hydrogens is 168 g/mol. The summed E-state index contributed by atoms with van der Waals surface area (Å²) in [7, 11) is 0. The minimum atomic E-state index is 1.26. The van der Waals surface area contributed by atoms with Crippen LogP contribution < -0.4 is 0 Å². The first-order chi connectivity index (χ1) is 6.91. The van der Waals surface area contributed by atoms with Gasteiger partial charge in [0, 0.05) is 0 Å². The zero-order chi connectivity index (χ0) is 10.5. The van der Waals surface area contributed by atoms with E-state index in [-0.39, 0.29) is 0 Å². The zero-order valence-corrected chi connectivity index (χ0v) is 9.97. The molecule has 82 valence electrons. The lowest BCUT2D eigenvalue weighted by Gasteiger charge is -1.95. The summed E-state index contributed by atoms with van der Waals surface area (Å²) in [6, 6.07) is 0. The molecule has 0 aromatic rings. The van der Waals surface area contributed by atoms with Crippen LogP contribution in [-0.2, 0) is 0 Å². The van der Waals surface area contributed by atoms with Crippen molar-refractivity contribution in [3.8, 4) is 0 Å². The fourth-order valence-electron chi connectivity index (χ4n) is 1.43. The molecular formula is C14H26. The number of hydrogen-bond acceptors (Lipinski definition) is 0. The van der Waals surface area contributed by atoms with E-state index in [1.54, 1.807) is 0 Å². The molecule has 0 bridgehead atoms. The fourth-order valence-corrected chi connectivity index (χ4v) is 1.43. The largest absolute Gasteiger partial charge is 0.0917 e. The number of unbranched alkanes of at least 4 members (excludes halogenated alkanes) is 6. The summed E-state index contributed by atoms with van der Waals surface area (Å²) < 4.78 is 0. The Morgan fingerprint density at radius 2 is 1.29 bits per heavy atom. The first-order valence-electron chi connectivity index (χ1n) is 6.18. The van der Waals surface area contributed by atoms with E-state index in [4.69, 9.17) is 0 Å². The average molecular weight is 194 g/mol. The fraction of sp³-hybridized carbons (Fsp3) is 0.714. The monoisotopic (exact) mass is 194 g/mol. The Morgan fingerprint density at radius 3 is 1.86 bits per heavy atom. The third kappa shape index (κ3) is 11.5. The Balaban J connectivity index is 3.01. The average Bonchev–Trinajstić information content (AvgIpc) is 2.21. The van der Waals surface area contributed by atoms with Gasteiger partial charge in [0.25, 0.3) is 0 Å². The molecule has 0 aliphatic heterocycles. The van der Waals surface area contributed by atoms with Gasteiger partial charge in [-0.1, -0.05) is 50.5 Å². The Morgan fingerprint density at radius 1 is 0.714 bits per heavy atom. The summed E-state index contributed by atoms with van der Waals surface area (Å²) in [5.41, 5.74) is 0. The van der Waals surface area contributed by atoms with Crippen LogP contribution in [-0.4, -0.2) is 0 Å². The third-order valence-corrected chi connectivity index (χ3v) is 2.37. The van der Waals surface area contributed by atoms with Gasteiger partial charge in [-0.25, -0.2) is 0 Å². The minimum absolute atomic E-state index is 1.26. The van der Waals surface area contributed by atoms with Crippen molar-refractivity contribution in [1.29, 1.82) is 0 Å². The molecule has 0 amide bonds. The van der Waals surface area contributed by atoms with Gasteiger partial charge in [0.2, 0.25) is 0 Å². The maximum Gasteiger partial charge on any atom is -0.0351 e. The van der Waals surface area contributed by atoms with E-state index in [1.165, 1.54) is 51.4 Å². The van der Waals surface area contributed by atoms with Crippen molar-refractivity contribution in [2.45, 2.75) is 65.2 Å². The van der Waals surface area contributed by atoms with Gasteiger partial charge < -0.3 is 0 Å². The maximum absolute atomic E-state index is 2.35. The van der Waals surface area contributed by atoms with Gasteiger partial charge in [-0.05, 0) is 39.0 Å². The summed E-state index contributed by atoms with van der Waals surface area (Å²) in [5, 5.41) is 0. The first-order valence-corrected chi connectivity index (χ1v) is 6.18. The highest BCUT2D eigenvalue weighted by Gasteiger charge is 1.85. The molecule has 0 N–H and O–H groups in total. The molecule has 0 aliphatic rings. The van der Waals surface area contributed by atoms with Gasteiger partial charge >= 0.3 is 0 Å². The van der Waals surface area contributed by atoms with Crippen LogP contribution in [0.15, 0.2) is 24.3 Å². The second kappa shape index (κ2) is 12.5. The predicted molar refractivity (Wildman–Crippen MR) is 66.6 cm³/mol. The van der Waals surface area contributed by atoms with Crippen molar-refractivity contribution in [3.63, 3.8) is 0 Å². The SMILES string of the molecule is CC=CCCCCCC=CCCCC. The Bertz CT molecular complexity index is 142. The van der Waals surface area contributed by atoms with Crippen LogP contribution in [0.3, 0.4) is 0 Å². The van der Waals surface area contributed by atoms with Crippen molar-refractivity contribution >= 4 is 0 Å². The van der Waals surface area contributed by atoms with Crippen molar-refractivity contribution in [2.24, 2.45) is 0 Å². The van der Waals surface area contributed by atoms with E-state index in [0.717, 1.165) is 0 Å². The van der Waals surface area contributed by atoms with E-state index in [1.807, 2.05) is 0 Å². The lowest BCUT2D eigenvalue weighted by atomic mass is 10.1. The van der Waals surface area contributed by atoms with E-state index in [9.17, 15) is 0 Å². The Hall–Kier alpha value is -0.520. The van der Waals surface area contributed by atoms with E-state index >= 15 is 0 Å². The summed E-state index contributed by atoms with van der Waals surface area (Å²) in [4.78, 5) is 0. The van der Waals surface area contributed by atoms with Crippen LogP contribution in [0.4, 0.5) is 0 Å². The molecule has 0 fully saturated rings. The lowest BCUT2D eigenvalue weighted by molar-refractivity contribution is 0.694. The quantitative estimate of drug-likeness (QED) is 0.347. The highest BCUT2D eigenvalue weighted by Crippen LogP contribution is 2.05. The van der Waals surface area contributed by atoms with Crippen LogP contribution >= 0.6 is 0 Å². The minimum Gasteiger partial charge on any atom is -0.0917 e. The molecule has 0 spiro atoms. The Labute approximate surface area is 90.1 Å². The normalized spacial score (nSPS) is 11.9. The summed E-state index contributed by atoms with van der Waals surface area (Å²) in [6.07, 6.45) is 19.7. The topological polar surface area (TPSA) is 0 Å². The summed E-state index contributed by atoms with van der Waals surface area (Å²) in [5.74, 6) is 0. The second-order valence-corrected chi connectivity index (χ2v) is 3.82. The molecule has 0 radical (unpaired) electrons. The molecule has 0 aromatic heterocycles. The van der Waals surface area contributed by atoms with Crippen LogP contribution in [0.25, 0.3) is 0 Å². The van der Waals surface area contributed by atoms with E-state index in [0.29, 0.717) is 0 Å². The second-order valence-electron chi connectivity index (χ2n) is 3.82.